The van der Waals surface area contributed by atoms with Crippen molar-refractivity contribution < 1.29 is 9.69 Å². The van der Waals surface area contributed by atoms with Crippen LogP contribution in [0.5, 0.6) is 0 Å². The molecule has 2 aromatic rings. The number of benzene rings is 1. The third-order valence-electron chi connectivity index (χ3n) is 4.33. The molecule has 1 saturated heterocycles. The number of hydrogen-bond acceptors (Lipinski definition) is 2. The van der Waals surface area contributed by atoms with E-state index in [1.165, 1.54) is 16.2 Å². The molecule has 0 aliphatic carbocycles. The monoisotopic (exact) mass is 335 g/mol. The molecule has 1 aromatic heterocycles. The molecule has 0 radical (unpaired) electrons. The van der Waals surface area contributed by atoms with Gasteiger partial charge < -0.3 is 10.2 Å². The first-order valence-electron chi connectivity index (χ1n) is 7.60. The molecular formula is C17H20ClN2OS+. The summed E-state index contributed by atoms with van der Waals surface area (Å²) in [7, 11) is 0. The first-order chi connectivity index (χ1) is 10.6. The molecule has 0 bridgehead atoms. The third-order valence-corrected chi connectivity index (χ3v) is 5.56. The minimum Gasteiger partial charge on any atom is -0.321 e. The van der Waals surface area contributed by atoms with Crippen molar-refractivity contribution in [2.24, 2.45) is 0 Å². The lowest BCUT2D eigenvalue weighted by Crippen LogP contribution is -3.15. The third kappa shape index (κ3) is 3.35. The standard InChI is InChI=1S/C17H19ClN2OS/c1-12(17(21)19-14-6-2-5-13(18)11-14)20-9-3-7-15(20)16-8-4-10-22-16/h2,4-6,8,10-12,15H,3,7,9H2,1H3,(H,19,21)/p+1/t12-,15-/m1/s1. The van der Waals surface area contributed by atoms with E-state index in [0.29, 0.717) is 11.1 Å². The fourth-order valence-corrected chi connectivity index (χ4v) is 4.28. The maximum absolute atomic E-state index is 12.6. The Balaban J connectivity index is 1.70. The number of rotatable bonds is 4. The molecule has 22 heavy (non-hydrogen) atoms. The van der Waals surface area contributed by atoms with Crippen LogP contribution in [0.1, 0.15) is 30.7 Å². The highest BCUT2D eigenvalue weighted by atomic mass is 35.5. The van der Waals surface area contributed by atoms with E-state index in [9.17, 15) is 4.79 Å². The number of likely N-dealkylation sites (tertiary alicyclic amines) is 1. The van der Waals surface area contributed by atoms with Gasteiger partial charge in [0.2, 0.25) is 0 Å². The van der Waals surface area contributed by atoms with Gasteiger partial charge in [0, 0.05) is 23.6 Å². The molecule has 1 aliphatic heterocycles. The van der Waals surface area contributed by atoms with E-state index >= 15 is 0 Å². The number of hydrogen-bond donors (Lipinski definition) is 2. The van der Waals surface area contributed by atoms with Gasteiger partial charge in [-0.15, -0.1) is 11.3 Å². The second-order valence-corrected chi connectivity index (χ2v) is 7.17. The van der Waals surface area contributed by atoms with Crippen molar-refractivity contribution in [3.63, 3.8) is 0 Å². The second kappa shape index (κ2) is 6.82. The Morgan fingerprint density at radius 1 is 1.41 bits per heavy atom. The average Bonchev–Trinajstić information content (AvgIpc) is 3.17. The van der Waals surface area contributed by atoms with E-state index in [4.69, 9.17) is 11.6 Å². The quantitative estimate of drug-likeness (QED) is 0.884. The Labute approximate surface area is 139 Å². The fraction of sp³-hybridized carbons (Fsp3) is 0.353. The summed E-state index contributed by atoms with van der Waals surface area (Å²) in [5.74, 6) is 0.0562. The Kier molecular flexibility index (Phi) is 4.81. The lowest BCUT2D eigenvalue weighted by molar-refractivity contribution is -0.931. The largest absolute Gasteiger partial charge is 0.321 e. The van der Waals surface area contributed by atoms with Gasteiger partial charge >= 0.3 is 0 Å². The van der Waals surface area contributed by atoms with Crippen molar-refractivity contribution in [2.45, 2.75) is 31.8 Å². The SMILES string of the molecule is C[C@H](C(=O)Nc1cccc(Cl)c1)[NH+]1CCC[C@@H]1c1cccs1. The number of carbonyl (C=O) groups excluding carboxylic acids is 1. The van der Waals surface area contributed by atoms with Crippen LogP contribution in [0.3, 0.4) is 0 Å². The van der Waals surface area contributed by atoms with E-state index in [1.54, 1.807) is 23.5 Å². The van der Waals surface area contributed by atoms with Crippen molar-refractivity contribution in [1.29, 1.82) is 0 Å². The summed E-state index contributed by atoms with van der Waals surface area (Å²) in [5, 5.41) is 5.73. The van der Waals surface area contributed by atoms with Gasteiger partial charge in [0.25, 0.3) is 5.91 Å². The molecule has 3 rings (SSSR count). The first kappa shape index (κ1) is 15.5. The molecular weight excluding hydrogens is 316 g/mol. The van der Waals surface area contributed by atoms with Crippen molar-refractivity contribution in [2.75, 3.05) is 11.9 Å². The summed E-state index contributed by atoms with van der Waals surface area (Å²) in [5.41, 5.74) is 0.760. The van der Waals surface area contributed by atoms with E-state index < -0.39 is 0 Å². The topological polar surface area (TPSA) is 33.5 Å². The molecule has 1 fully saturated rings. The molecule has 116 valence electrons. The molecule has 1 unspecified atom stereocenters. The van der Waals surface area contributed by atoms with Crippen molar-refractivity contribution in [3.05, 3.63) is 51.7 Å². The Morgan fingerprint density at radius 2 is 2.27 bits per heavy atom. The zero-order valence-electron chi connectivity index (χ0n) is 12.5. The predicted octanol–water partition coefficient (Wildman–Crippen LogP) is 3.15. The summed E-state index contributed by atoms with van der Waals surface area (Å²) >= 11 is 7.76. The minimum absolute atomic E-state index is 0.0562. The lowest BCUT2D eigenvalue weighted by atomic mass is 10.1. The van der Waals surface area contributed by atoms with Gasteiger partial charge in [0.15, 0.2) is 6.04 Å². The van der Waals surface area contributed by atoms with Crippen LogP contribution in [0, 0.1) is 0 Å². The van der Waals surface area contributed by atoms with E-state index in [2.05, 4.69) is 22.8 Å². The number of quaternary nitrogens is 1. The van der Waals surface area contributed by atoms with Crippen LogP contribution < -0.4 is 10.2 Å². The molecule has 1 amide bonds. The maximum Gasteiger partial charge on any atom is 0.282 e. The van der Waals surface area contributed by atoms with Gasteiger partial charge in [-0.2, -0.15) is 0 Å². The molecule has 0 spiro atoms. The lowest BCUT2D eigenvalue weighted by Gasteiger charge is -2.26. The highest BCUT2D eigenvalue weighted by Gasteiger charge is 2.37. The molecule has 3 atom stereocenters. The van der Waals surface area contributed by atoms with Crippen LogP contribution in [-0.2, 0) is 4.79 Å². The van der Waals surface area contributed by atoms with Gasteiger partial charge in [-0.05, 0) is 36.6 Å². The van der Waals surface area contributed by atoms with Crippen LogP contribution in [-0.4, -0.2) is 18.5 Å². The second-order valence-electron chi connectivity index (χ2n) is 5.76. The average molecular weight is 336 g/mol. The predicted molar refractivity (Wildman–Crippen MR) is 91.7 cm³/mol. The van der Waals surface area contributed by atoms with Crippen LogP contribution in [0.2, 0.25) is 5.02 Å². The molecule has 3 nitrogen and oxygen atoms in total. The summed E-state index contributed by atoms with van der Waals surface area (Å²) in [6.07, 6.45) is 2.33. The molecule has 5 heteroatoms. The summed E-state index contributed by atoms with van der Waals surface area (Å²) < 4.78 is 0. The molecule has 1 aromatic carbocycles. The minimum atomic E-state index is -0.0754. The van der Waals surface area contributed by atoms with Crippen LogP contribution in [0.25, 0.3) is 0 Å². The molecule has 2 heterocycles. The maximum atomic E-state index is 12.6. The van der Waals surface area contributed by atoms with Gasteiger partial charge in [-0.25, -0.2) is 0 Å². The smallest absolute Gasteiger partial charge is 0.282 e. The van der Waals surface area contributed by atoms with Gasteiger partial charge in [0.05, 0.1) is 11.4 Å². The summed E-state index contributed by atoms with van der Waals surface area (Å²) in [6, 6.07) is 11.9. The number of amides is 1. The number of halogens is 1. The van der Waals surface area contributed by atoms with Crippen molar-refractivity contribution in [3.8, 4) is 0 Å². The highest BCUT2D eigenvalue weighted by molar-refractivity contribution is 7.10. The van der Waals surface area contributed by atoms with Crippen LogP contribution in [0.4, 0.5) is 5.69 Å². The summed E-state index contributed by atoms with van der Waals surface area (Å²) in [4.78, 5) is 15.3. The number of nitrogens with one attached hydrogen (secondary N) is 2. The normalized spacial score (nSPS) is 22.5. The van der Waals surface area contributed by atoms with Crippen molar-refractivity contribution >= 4 is 34.5 Å². The zero-order chi connectivity index (χ0) is 15.5. The molecule has 0 saturated carbocycles. The van der Waals surface area contributed by atoms with Crippen LogP contribution >= 0.6 is 22.9 Å². The van der Waals surface area contributed by atoms with Crippen molar-refractivity contribution in [1.82, 2.24) is 0 Å². The number of carbonyl (C=O) groups is 1. The Hall–Kier alpha value is -1.36. The Morgan fingerprint density at radius 3 is 3.00 bits per heavy atom. The molecule has 2 N–H and O–H groups in total. The van der Waals surface area contributed by atoms with Gasteiger partial charge in [-0.1, -0.05) is 23.7 Å². The van der Waals surface area contributed by atoms with E-state index in [0.717, 1.165) is 18.7 Å². The number of anilines is 1. The Bertz CT molecular complexity index is 644. The highest BCUT2D eigenvalue weighted by Crippen LogP contribution is 2.24. The van der Waals surface area contributed by atoms with Gasteiger partial charge in [-0.3, -0.25) is 4.79 Å². The zero-order valence-corrected chi connectivity index (χ0v) is 14.1. The van der Waals surface area contributed by atoms with E-state index in [1.807, 2.05) is 19.1 Å². The first-order valence-corrected chi connectivity index (χ1v) is 8.86. The fourth-order valence-electron chi connectivity index (χ4n) is 3.19. The number of thiophene rings is 1. The van der Waals surface area contributed by atoms with Gasteiger partial charge in [0.1, 0.15) is 6.04 Å². The van der Waals surface area contributed by atoms with E-state index in [-0.39, 0.29) is 11.9 Å². The van der Waals surface area contributed by atoms with Crippen LogP contribution in [0.15, 0.2) is 41.8 Å². The summed E-state index contributed by atoms with van der Waals surface area (Å²) in [6.45, 7) is 3.06. The molecule has 1 aliphatic rings.